The molecule has 0 radical (unpaired) electrons. The largest absolute Gasteiger partial charge is 0.508 e. The number of unbranched alkanes of at least 4 members (excludes halogenated alkanes) is 1. The quantitative estimate of drug-likeness (QED) is 0.211. The molecule has 3 aromatic carbocycles. The molecule has 0 saturated heterocycles. The number of aryl methyl sites for hydroxylation is 1. The topological polar surface area (TPSA) is 157 Å². The summed E-state index contributed by atoms with van der Waals surface area (Å²) in [4.78, 5) is 35.1. The zero-order valence-corrected chi connectivity index (χ0v) is 19.4. The lowest BCUT2D eigenvalue weighted by Gasteiger charge is -2.13. The van der Waals surface area contributed by atoms with Crippen molar-refractivity contribution < 1.29 is 24.2 Å². The van der Waals surface area contributed by atoms with E-state index in [2.05, 4.69) is 10.6 Å². The van der Waals surface area contributed by atoms with Crippen molar-refractivity contribution in [3.8, 4) is 11.5 Å². The first-order valence-electron chi connectivity index (χ1n) is 11.4. The van der Waals surface area contributed by atoms with Gasteiger partial charge in [0.15, 0.2) is 0 Å². The number of hydrogen-bond acceptors (Lipinski definition) is 6. The summed E-state index contributed by atoms with van der Waals surface area (Å²) in [6.45, 7) is 0.918. The van der Waals surface area contributed by atoms with Crippen LogP contribution in [0.3, 0.4) is 0 Å². The van der Waals surface area contributed by atoms with Crippen LogP contribution in [0, 0.1) is 0 Å². The number of nitrogens with two attached hydrogens (primary N) is 2. The predicted molar refractivity (Wildman–Crippen MR) is 134 cm³/mol. The third-order valence-corrected chi connectivity index (χ3v) is 5.44. The summed E-state index contributed by atoms with van der Waals surface area (Å²) in [6.07, 6.45) is 2.18. The van der Waals surface area contributed by atoms with Gasteiger partial charge in [0.05, 0.1) is 13.0 Å². The molecule has 0 fully saturated rings. The summed E-state index contributed by atoms with van der Waals surface area (Å²) in [5.41, 5.74) is 12.8. The number of fused-ring (bicyclic) bond motifs is 1. The highest BCUT2D eigenvalue weighted by molar-refractivity contribution is 5.95. The van der Waals surface area contributed by atoms with Crippen molar-refractivity contribution >= 4 is 34.3 Å². The minimum absolute atomic E-state index is 0.0370. The zero-order chi connectivity index (χ0) is 25.2. The van der Waals surface area contributed by atoms with Gasteiger partial charge in [-0.15, -0.1) is 0 Å². The minimum atomic E-state index is -0.896. The summed E-state index contributed by atoms with van der Waals surface area (Å²) in [5.74, 6) is 0.0894. The van der Waals surface area contributed by atoms with Gasteiger partial charge in [-0.25, -0.2) is 4.79 Å². The first kappa shape index (κ1) is 25.4. The smallest absolute Gasteiger partial charge is 0.318 e. The molecule has 0 aliphatic heterocycles. The van der Waals surface area contributed by atoms with Crippen molar-refractivity contribution in [2.45, 2.75) is 32.1 Å². The Balaban J connectivity index is 1.45. The summed E-state index contributed by atoms with van der Waals surface area (Å²) < 4.78 is 5.94. The lowest BCUT2D eigenvalue weighted by Crippen LogP contribution is -2.36. The van der Waals surface area contributed by atoms with E-state index in [0.717, 1.165) is 22.8 Å². The number of phenolic OH excluding ortho intramolecular Hbond substituents is 1. The van der Waals surface area contributed by atoms with E-state index in [0.29, 0.717) is 49.4 Å². The van der Waals surface area contributed by atoms with Gasteiger partial charge < -0.3 is 26.6 Å². The number of primary amides is 1. The number of amides is 4. The molecule has 35 heavy (non-hydrogen) atoms. The van der Waals surface area contributed by atoms with Gasteiger partial charge in [-0.05, 0) is 53.8 Å². The number of carbonyl (C=O) groups is 3. The molecule has 0 atom stereocenters. The van der Waals surface area contributed by atoms with Crippen LogP contribution in [0.1, 0.15) is 30.4 Å². The fourth-order valence-corrected chi connectivity index (χ4v) is 3.68. The molecular weight excluding hydrogens is 448 g/mol. The SMILES string of the molecule is NC(=O)NC(=O)Cc1cc2ccccc2cc1OCCCCNC(=O)CCc1ccc(O)cc1N. The predicted octanol–water partition coefficient (Wildman–Crippen LogP) is 2.77. The molecule has 4 amide bonds. The molecule has 0 unspecified atom stereocenters. The number of nitrogens with one attached hydrogen (secondary N) is 2. The first-order valence-corrected chi connectivity index (χ1v) is 11.4. The van der Waals surface area contributed by atoms with E-state index in [-0.39, 0.29) is 18.1 Å². The van der Waals surface area contributed by atoms with E-state index in [1.807, 2.05) is 36.4 Å². The Hall–Kier alpha value is -4.27. The van der Waals surface area contributed by atoms with Crippen LogP contribution in [-0.4, -0.2) is 36.1 Å². The average molecular weight is 479 g/mol. The van der Waals surface area contributed by atoms with Crippen LogP contribution >= 0.6 is 0 Å². The summed E-state index contributed by atoms with van der Waals surface area (Å²) >= 11 is 0. The van der Waals surface area contributed by atoms with Crippen LogP contribution in [0.2, 0.25) is 0 Å². The number of urea groups is 1. The Labute approximate surface area is 203 Å². The number of nitrogen functional groups attached to an aromatic ring is 1. The number of benzene rings is 3. The van der Waals surface area contributed by atoms with Gasteiger partial charge >= 0.3 is 6.03 Å². The van der Waals surface area contributed by atoms with Gasteiger partial charge in [0, 0.05) is 30.3 Å². The van der Waals surface area contributed by atoms with E-state index in [1.165, 1.54) is 6.07 Å². The van der Waals surface area contributed by atoms with Crippen LogP contribution in [-0.2, 0) is 22.4 Å². The third-order valence-electron chi connectivity index (χ3n) is 5.44. The molecule has 0 aromatic heterocycles. The zero-order valence-electron chi connectivity index (χ0n) is 19.4. The molecule has 0 aliphatic carbocycles. The molecule has 0 aliphatic rings. The van der Waals surface area contributed by atoms with Crippen molar-refractivity contribution in [3.05, 3.63) is 65.7 Å². The monoisotopic (exact) mass is 478 g/mol. The van der Waals surface area contributed by atoms with Gasteiger partial charge in [0.1, 0.15) is 11.5 Å². The molecule has 0 spiro atoms. The van der Waals surface area contributed by atoms with E-state index < -0.39 is 11.9 Å². The molecular formula is C26H30N4O5. The maximum absolute atomic E-state index is 12.1. The molecule has 0 heterocycles. The van der Waals surface area contributed by atoms with Gasteiger partial charge in [-0.2, -0.15) is 0 Å². The number of anilines is 1. The van der Waals surface area contributed by atoms with E-state index in [4.69, 9.17) is 16.2 Å². The Bertz CT molecular complexity index is 1210. The standard InChI is InChI=1S/C26H30N4O5/c27-22-16-21(31)9-7-17(22)8-10-24(32)29-11-3-4-12-35-23-14-19-6-2-1-5-18(19)13-20(23)15-25(33)30-26(28)34/h1-2,5-7,9,13-14,16,31H,3-4,8,10-12,15,27H2,(H,29,32)(H3,28,30,33,34). The second-order valence-corrected chi connectivity index (χ2v) is 8.18. The van der Waals surface area contributed by atoms with Crippen molar-refractivity contribution in [1.29, 1.82) is 0 Å². The van der Waals surface area contributed by atoms with Gasteiger partial charge in [-0.1, -0.05) is 30.3 Å². The van der Waals surface area contributed by atoms with Crippen molar-refractivity contribution in [2.75, 3.05) is 18.9 Å². The number of ether oxygens (including phenoxy) is 1. The number of hydrogen-bond donors (Lipinski definition) is 5. The first-order chi connectivity index (χ1) is 16.8. The van der Waals surface area contributed by atoms with E-state index >= 15 is 0 Å². The van der Waals surface area contributed by atoms with Crippen LogP contribution in [0.5, 0.6) is 11.5 Å². The molecule has 0 bridgehead atoms. The molecule has 3 rings (SSSR count). The maximum Gasteiger partial charge on any atom is 0.318 e. The number of rotatable bonds is 11. The lowest BCUT2D eigenvalue weighted by atomic mass is 10.0. The number of imide groups is 1. The maximum atomic E-state index is 12.1. The number of phenols is 1. The highest BCUT2D eigenvalue weighted by Gasteiger charge is 2.12. The summed E-state index contributed by atoms with van der Waals surface area (Å²) in [5, 5.41) is 16.3. The molecule has 3 aromatic rings. The molecule has 9 heteroatoms. The summed E-state index contributed by atoms with van der Waals surface area (Å²) in [7, 11) is 0. The molecule has 184 valence electrons. The van der Waals surface area contributed by atoms with Gasteiger partial charge in [-0.3, -0.25) is 14.9 Å². The van der Waals surface area contributed by atoms with Crippen LogP contribution in [0.15, 0.2) is 54.6 Å². The highest BCUT2D eigenvalue weighted by Crippen LogP contribution is 2.27. The fraction of sp³-hybridized carbons (Fsp3) is 0.269. The third kappa shape index (κ3) is 7.92. The minimum Gasteiger partial charge on any atom is -0.508 e. The fourth-order valence-electron chi connectivity index (χ4n) is 3.68. The molecule has 0 saturated carbocycles. The Morgan fingerprint density at radius 2 is 1.66 bits per heavy atom. The van der Waals surface area contributed by atoms with Crippen LogP contribution < -0.4 is 26.8 Å². The molecule has 7 N–H and O–H groups in total. The van der Waals surface area contributed by atoms with Crippen molar-refractivity contribution in [2.24, 2.45) is 5.73 Å². The Kier molecular flexibility index (Phi) is 8.89. The number of carbonyl (C=O) groups excluding carboxylic acids is 3. The van der Waals surface area contributed by atoms with Crippen LogP contribution in [0.25, 0.3) is 10.8 Å². The number of aromatic hydroxyl groups is 1. The normalized spacial score (nSPS) is 10.6. The van der Waals surface area contributed by atoms with E-state index in [1.54, 1.807) is 12.1 Å². The Morgan fingerprint density at radius 3 is 2.37 bits per heavy atom. The second kappa shape index (κ2) is 12.3. The van der Waals surface area contributed by atoms with Crippen molar-refractivity contribution in [1.82, 2.24) is 10.6 Å². The Morgan fingerprint density at radius 1 is 0.914 bits per heavy atom. The van der Waals surface area contributed by atoms with Crippen molar-refractivity contribution in [3.63, 3.8) is 0 Å². The average Bonchev–Trinajstić information content (AvgIpc) is 2.80. The molecule has 9 nitrogen and oxygen atoms in total. The van der Waals surface area contributed by atoms with E-state index in [9.17, 15) is 19.5 Å². The highest BCUT2D eigenvalue weighted by atomic mass is 16.5. The lowest BCUT2D eigenvalue weighted by molar-refractivity contribution is -0.121. The van der Waals surface area contributed by atoms with Crippen LogP contribution in [0.4, 0.5) is 10.5 Å². The van der Waals surface area contributed by atoms with Gasteiger partial charge in [0.2, 0.25) is 11.8 Å². The summed E-state index contributed by atoms with van der Waals surface area (Å²) in [6, 6.07) is 15.3. The van der Waals surface area contributed by atoms with Gasteiger partial charge in [0.25, 0.3) is 0 Å². The second-order valence-electron chi connectivity index (χ2n) is 8.18.